The van der Waals surface area contributed by atoms with Gasteiger partial charge in [-0.05, 0) is 30.9 Å². The summed E-state index contributed by atoms with van der Waals surface area (Å²) in [5.74, 6) is 0. The minimum atomic E-state index is -0.115. The maximum absolute atomic E-state index is 12.5. The van der Waals surface area contributed by atoms with E-state index < -0.39 is 0 Å². The Morgan fingerprint density at radius 1 is 1.43 bits per heavy atom. The zero-order chi connectivity index (χ0) is 16.5. The third-order valence-corrected chi connectivity index (χ3v) is 4.30. The van der Waals surface area contributed by atoms with E-state index in [9.17, 15) is 4.79 Å². The molecule has 1 aromatic rings. The lowest BCUT2D eigenvalue weighted by Crippen LogP contribution is -2.44. The van der Waals surface area contributed by atoms with E-state index in [0.717, 1.165) is 31.4 Å². The lowest BCUT2D eigenvalue weighted by molar-refractivity contribution is 0.0175. The number of hydrogen-bond acceptors (Lipinski definition) is 3. The molecule has 0 aromatic heterocycles. The summed E-state index contributed by atoms with van der Waals surface area (Å²) in [7, 11) is 1.63. The van der Waals surface area contributed by atoms with Crippen LogP contribution in [0, 0.1) is 0 Å². The zero-order valence-electron chi connectivity index (χ0n) is 13.6. The molecule has 1 saturated heterocycles. The predicted molar refractivity (Wildman–Crippen MR) is 90.7 cm³/mol. The van der Waals surface area contributed by atoms with Crippen molar-refractivity contribution in [2.75, 3.05) is 33.4 Å². The van der Waals surface area contributed by atoms with E-state index in [0.29, 0.717) is 31.3 Å². The quantitative estimate of drug-likeness (QED) is 0.830. The molecular formula is C17H25ClN2O3. The van der Waals surface area contributed by atoms with Gasteiger partial charge in [0.15, 0.2) is 0 Å². The van der Waals surface area contributed by atoms with Gasteiger partial charge in [-0.3, -0.25) is 0 Å². The van der Waals surface area contributed by atoms with Crippen LogP contribution in [0.15, 0.2) is 24.3 Å². The Bertz CT molecular complexity index is 492. The van der Waals surface area contributed by atoms with Crippen molar-refractivity contribution >= 4 is 17.6 Å². The van der Waals surface area contributed by atoms with E-state index in [-0.39, 0.29) is 12.1 Å². The van der Waals surface area contributed by atoms with Crippen LogP contribution in [0.1, 0.15) is 24.8 Å². The van der Waals surface area contributed by atoms with Gasteiger partial charge in [0.2, 0.25) is 0 Å². The van der Waals surface area contributed by atoms with Gasteiger partial charge in [-0.15, -0.1) is 0 Å². The van der Waals surface area contributed by atoms with Crippen molar-refractivity contribution in [2.45, 2.75) is 31.9 Å². The molecule has 1 N–H and O–H groups in total. The Morgan fingerprint density at radius 2 is 2.26 bits per heavy atom. The fourth-order valence-corrected chi connectivity index (χ4v) is 2.76. The van der Waals surface area contributed by atoms with Crippen LogP contribution in [0.4, 0.5) is 4.79 Å². The first-order valence-electron chi connectivity index (χ1n) is 8.07. The van der Waals surface area contributed by atoms with Crippen LogP contribution in [0.2, 0.25) is 5.02 Å². The summed E-state index contributed by atoms with van der Waals surface area (Å²) < 4.78 is 10.8. The van der Waals surface area contributed by atoms with Crippen molar-refractivity contribution in [3.63, 3.8) is 0 Å². The largest absolute Gasteiger partial charge is 0.383 e. The number of amides is 2. The summed E-state index contributed by atoms with van der Waals surface area (Å²) in [6, 6.07) is 7.45. The number of ether oxygens (including phenoxy) is 2. The summed E-state index contributed by atoms with van der Waals surface area (Å²) >= 11 is 6.20. The van der Waals surface area contributed by atoms with E-state index in [1.54, 1.807) is 12.0 Å². The van der Waals surface area contributed by atoms with Gasteiger partial charge in [0.1, 0.15) is 0 Å². The molecule has 2 amide bonds. The van der Waals surface area contributed by atoms with Crippen LogP contribution < -0.4 is 5.32 Å². The minimum absolute atomic E-state index is 0.115. The highest BCUT2D eigenvalue weighted by Gasteiger charge is 2.18. The molecule has 6 heteroatoms. The summed E-state index contributed by atoms with van der Waals surface area (Å²) in [5.41, 5.74) is 0.925. The number of nitrogens with one attached hydrogen (secondary N) is 1. The Morgan fingerprint density at radius 3 is 2.96 bits per heavy atom. The monoisotopic (exact) mass is 340 g/mol. The first kappa shape index (κ1) is 18.0. The van der Waals surface area contributed by atoms with E-state index in [4.69, 9.17) is 21.1 Å². The molecule has 1 heterocycles. The van der Waals surface area contributed by atoms with Gasteiger partial charge in [-0.25, -0.2) is 4.79 Å². The molecule has 1 atom stereocenters. The normalized spacial score (nSPS) is 17.7. The Hall–Kier alpha value is -1.30. The van der Waals surface area contributed by atoms with Gasteiger partial charge in [-0.1, -0.05) is 29.8 Å². The third-order valence-electron chi connectivity index (χ3n) is 3.93. The van der Waals surface area contributed by atoms with Crippen molar-refractivity contribution in [3.05, 3.63) is 34.9 Å². The SMILES string of the molecule is COCCN(Cc1ccccc1Cl)C(=O)NC[C@H]1CCCCO1. The zero-order valence-corrected chi connectivity index (χ0v) is 14.3. The molecule has 0 bridgehead atoms. The van der Waals surface area contributed by atoms with E-state index >= 15 is 0 Å². The number of hydrogen-bond donors (Lipinski definition) is 1. The molecule has 2 rings (SSSR count). The molecule has 1 fully saturated rings. The molecular weight excluding hydrogens is 316 g/mol. The Labute approximate surface area is 142 Å². The molecule has 0 saturated carbocycles. The van der Waals surface area contributed by atoms with Crippen LogP contribution in [0.3, 0.4) is 0 Å². The fourth-order valence-electron chi connectivity index (χ4n) is 2.57. The number of nitrogens with zero attached hydrogens (tertiary/aromatic N) is 1. The first-order chi connectivity index (χ1) is 11.2. The average molecular weight is 341 g/mol. The van der Waals surface area contributed by atoms with Crippen LogP contribution >= 0.6 is 11.6 Å². The highest BCUT2D eigenvalue weighted by molar-refractivity contribution is 6.31. The van der Waals surface area contributed by atoms with Crippen molar-refractivity contribution in [1.29, 1.82) is 0 Å². The van der Waals surface area contributed by atoms with E-state index in [1.165, 1.54) is 0 Å². The summed E-state index contributed by atoms with van der Waals surface area (Å²) in [6.07, 6.45) is 3.39. The van der Waals surface area contributed by atoms with Gasteiger partial charge >= 0.3 is 6.03 Å². The number of halogens is 1. The fraction of sp³-hybridized carbons (Fsp3) is 0.588. The van der Waals surface area contributed by atoms with Crippen molar-refractivity contribution in [2.24, 2.45) is 0 Å². The molecule has 0 radical (unpaired) electrons. The molecule has 1 aliphatic rings. The summed E-state index contributed by atoms with van der Waals surface area (Å²) in [6.45, 7) is 2.79. The second kappa shape index (κ2) is 9.75. The smallest absolute Gasteiger partial charge is 0.317 e. The van der Waals surface area contributed by atoms with Gasteiger partial charge in [0.25, 0.3) is 0 Å². The number of benzene rings is 1. The Kier molecular flexibility index (Phi) is 7.65. The molecule has 5 nitrogen and oxygen atoms in total. The number of urea groups is 1. The second-order valence-electron chi connectivity index (χ2n) is 5.68. The number of carbonyl (C=O) groups is 1. The van der Waals surface area contributed by atoms with Crippen LogP contribution in [-0.4, -0.2) is 50.4 Å². The van der Waals surface area contributed by atoms with E-state index in [2.05, 4.69) is 5.32 Å². The van der Waals surface area contributed by atoms with Crippen molar-refractivity contribution < 1.29 is 14.3 Å². The van der Waals surface area contributed by atoms with Gasteiger partial charge in [0, 0.05) is 38.4 Å². The number of rotatable bonds is 7. The molecule has 1 aliphatic heterocycles. The maximum Gasteiger partial charge on any atom is 0.317 e. The average Bonchev–Trinajstić information content (AvgIpc) is 2.59. The molecule has 0 unspecified atom stereocenters. The van der Waals surface area contributed by atoms with Crippen LogP contribution in [0.25, 0.3) is 0 Å². The highest BCUT2D eigenvalue weighted by atomic mass is 35.5. The van der Waals surface area contributed by atoms with Gasteiger partial charge in [-0.2, -0.15) is 0 Å². The van der Waals surface area contributed by atoms with Crippen LogP contribution in [-0.2, 0) is 16.0 Å². The molecule has 0 aliphatic carbocycles. The van der Waals surface area contributed by atoms with Crippen molar-refractivity contribution in [3.8, 4) is 0 Å². The standard InChI is InChI=1S/C17H25ClN2O3/c1-22-11-9-20(13-14-6-2-3-8-16(14)18)17(21)19-12-15-7-4-5-10-23-15/h2-3,6,8,15H,4-5,7,9-13H2,1H3,(H,19,21)/t15-/m1/s1. The molecule has 128 valence electrons. The highest BCUT2D eigenvalue weighted by Crippen LogP contribution is 2.17. The number of methoxy groups -OCH3 is 1. The lowest BCUT2D eigenvalue weighted by atomic mass is 10.1. The molecule has 23 heavy (non-hydrogen) atoms. The Balaban J connectivity index is 1.90. The lowest BCUT2D eigenvalue weighted by Gasteiger charge is -2.26. The second-order valence-corrected chi connectivity index (χ2v) is 6.09. The minimum Gasteiger partial charge on any atom is -0.383 e. The first-order valence-corrected chi connectivity index (χ1v) is 8.45. The molecule has 1 aromatic carbocycles. The maximum atomic E-state index is 12.5. The van der Waals surface area contributed by atoms with Crippen molar-refractivity contribution in [1.82, 2.24) is 10.2 Å². The van der Waals surface area contributed by atoms with Crippen LogP contribution in [0.5, 0.6) is 0 Å². The molecule has 0 spiro atoms. The van der Waals surface area contributed by atoms with Gasteiger partial charge < -0.3 is 19.7 Å². The topological polar surface area (TPSA) is 50.8 Å². The summed E-state index contributed by atoms with van der Waals surface area (Å²) in [4.78, 5) is 14.2. The van der Waals surface area contributed by atoms with E-state index in [1.807, 2.05) is 24.3 Å². The number of carbonyl (C=O) groups excluding carboxylic acids is 1. The summed E-state index contributed by atoms with van der Waals surface area (Å²) in [5, 5.41) is 3.63. The third kappa shape index (κ3) is 6.01. The van der Waals surface area contributed by atoms with Gasteiger partial charge in [0.05, 0.1) is 12.7 Å². The predicted octanol–water partition coefficient (Wildman–Crippen LogP) is 3.07.